The molecule has 0 radical (unpaired) electrons. The standard InChI is InChI=1S/C42H40N2O11/c1-4-39(45)51-25-9-7-6-8-24-50-34-21-15-33(16-22-34)41(47)54-36-17-10-30(11-18-36)27-43-44-28-32-14-23-38(37(26-32)42(48)49-3)55-52-29-31-12-19-35(20-13-31)53-40(46)5-2/h4-5,10-23,26-28H,1-2,6-9,24-25,29H2,3H3/b43-27+,44-28+. The van der Waals surface area contributed by atoms with Crippen LogP contribution in [0.2, 0.25) is 0 Å². The van der Waals surface area contributed by atoms with Crippen molar-refractivity contribution in [1.82, 2.24) is 0 Å². The number of hydrogen-bond acceptors (Lipinski definition) is 13. The lowest BCUT2D eigenvalue weighted by molar-refractivity contribution is -0.217. The molecule has 0 aliphatic rings. The minimum absolute atomic E-state index is 0.0465. The van der Waals surface area contributed by atoms with Crippen LogP contribution in [0.1, 0.15) is 63.1 Å². The van der Waals surface area contributed by atoms with E-state index in [1.807, 2.05) is 0 Å². The van der Waals surface area contributed by atoms with Crippen LogP contribution in [0.4, 0.5) is 0 Å². The van der Waals surface area contributed by atoms with Crippen molar-refractivity contribution in [2.45, 2.75) is 32.3 Å². The molecule has 4 rings (SSSR count). The van der Waals surface area contributed by atoms with E-state index in [1.165, 1.54) is 31.7 Å². The Bertz CT molecular complexity index is 1970. The van der Waals surface area contributed by atoms with E-state index >= 15 is 0 Å². The summed E-state index contributed by atoms with van der Waals surface area (Å²) in [5.74, 6) is -0.626. The summed E-state index contributed by atoms with van der Waals surface area (Å²) in [6.07, 6.45) is 8.69. The van der Waals surface area contributed by atoms with Crippen molar-refractivity contribution >= 4 is 36.3 Å². The fourth-order valence-electron chi connectivity index (χ4n) is 4.60. The van der Waals surface area contributed by atoms with Crippen molar-refractivity contribution in [2.75, 3.05) is 20.3 Å². The van der Waals surface area contributed by atoms with Gasteiger partial charge in [-0.05, 0) is 121 Å². The van der Waals surface area contributed by atoms with Crippen LogP contribution >= 0.6 is 0 Å². The zero-order valence-electron chi connectivity index (χ0n) is 30.2. The molecule has 284 valence electrons. The fourth-order valence-corrected chi connectivity index (χ4v) is 4.60. The molecule has 0 atom stereocenters. The summed E-state index contributed by atoms with van der Waals surface area (Å²) in [6, 6.07) is 24.8. The highest BCUT2D eigenvalue weighted by atomic mass is 17.2. The van der Waals surface area contributed by atoms with Crippen molar-refractivity contribution in [1.29, 1.82) is 0 Å². The van der Waals surface area contributed by atoms with Gasteiger partial charge in [0.15, 0.2) is 5.75 Å². The van der Waals surface area contributed by atoms with Crippen molar-refractivity contribution in [3.8, 4) is 23.0 Å². The molecule has 0 saturated heterocycles. The molecule has 0 aliphatic carbocycles. The third-order valence-corrected chi connectivity index (χ3v) is 7.47. The summed E-state index contributed by atoms with van der Waals surface area (Å²) < 4.78 is 26.1. The van der Waals surface area contributed by atoms with E-state index < -0.39 is 23.9 Å². The number of benzene rings is 4. The Morgan fingerprint density at radius 2 is 1.24 bits per heavy atom. The molecule has 55 heavy (non-hydrogen) atoms. The minimum Gasteiger partial charge on any atom is -0.494 e. The van der Waals surface area contributed by atoms with E-state index in [0.29, 0.717) is 47.2 Å². The van der Waals surface area contributed by atoms with Gasteiger partial charge in [0, 0.05) is 12.2 Å². The lowest BCUT2D eigenvalue weighted by Gasteiger charge is -2.10. The summed E-state index contributed by atoms with van der Waals surface area (Å²) in [5.41, 5.74) is 2.47. The van der Waals surface area contributed by atoms with Gasteiger partial charge < -0.3 is 28.6 Å². The second-order valence-corrected chi connectivity index (χ2v) is 11.5. The highest BCUT2D eigenvalue weighted by Gasteiger charge is 2.15. The van der Waals surface area contributed by atoms with Gasteiger partial charge in [-0.1, -0.05) is 25.3 Å². The van der Waals surface area contributed by atoms with Gasteiger partial charge >= 0.3 is 23.9 Å². The zero-order valence-corrected chi connectivity index (χ0v) is 30.2. The minimum atomic E-state index is -0.640. The van der Waals surface area contributed by atoms with E-state index in [4.69, 9.17) is 33.5 Å². The maximum Gasteiger partial charge on any atom is 0.343 e. The normalized spacial score (nSPS) is 10.8. The van der Waals surface area contributed by atoms with E-state index in [1.54, 1.807) is 78.9 Å². The number of nitrogens with zero attached hydrogens (tertiary/aromatic N) is 2. The van der Waals surface area contributed by atoms with Crippen LogP contribution in [-0.2, 0) is 30.6 Å². The highest BCUT2D eigenvalue weighted by molar-refractivity contribution is 5.95. The molecule has 0 aliphatic heterocycles. The lowest BCUT2D eigenvalue weighted by atomic mass is 10.1. The molecule has 0 unspecified atom stereocenters. The highest BCUT2D eigenvalue weighted by Crippen LogP contribution is 2.22. The molecule has 0 heterocycles. The first-order chi connectivity index (χ1) is 26.8. The Hall–Kier alpha value is -6.86. The number of unbranched alkanes of at least 4 members (excludes halogenated alkanes) is 3. The molecule has 4 aromatic carbocycles. The SMILES string of the molecule is C=CC(=O)OCCCCCCOc1ccc(C(=O)Oc2ccc(/C=N/N=C/c3ccc(OOCc4ccc(OC(=O)C=C)cc4)c(C(=O)OC)c3)cc2)cc1. The Kier molecular flexibility index (Phi) is 16.6. The van der Waals surface area contributed by atoms with E-state index in [2.05, 4.69) is 23.4 Å². The summed E-state index contributed by atoms with van der Waals surface area (Å²) in [4.78, 5) is 58.2. The maximum atomic E-state index is 12.7. The summed E-state index contributed by atoms with van der Waals surface area (Å²) in [6.45, 7) is 7.68. The summed E-state index contributed by atoms with van der Waals surface area (Å²) >= 11 is 0. The molecule has 0 aromatic heterocycles. The van der Waals surface area contributed by atoms with E-state index in [0.717, 1.165) is 43.4 Å². The fraction of sp³-hybridized carbons (Fsp3) is 0.190. The number of ether oxygens (including phenoxy) is 5. The predicted molar refractivity (Wildman–Crippen MR) is 204 cm³/mol. The third kappa shape index (κ3) is 14.2. The zero-order chi connectivity index (χ0) is 39.3. The quantitative estimate of drug-likeness (QED) is 0.0159. The predicted octanol–water partition coefficient (Wildman–Crippen LogP) is 7.42. The van der Waals surface area contributed by atoms with Gasteiger partial charge in [-0.25, -0.2) is 19.2 Å². The maximum absolute atomic E-state index is 12.7. The van der Waals surface area contributed by atoms with Gasteiger partial charge in [-0.2, -0.15) is 15.1 Å². The van der Waals surface area contributed by atoms with Gasteiger partial charge in [0.1, 0.15) is 29.4 Å². The summed E-state index contributed by atoms with van der Waals surface area (Å²) in [7, 11) is 1.25. The second kappa shape index (κ2) is 22.3. The number of hydrogen-bond donors (Lipinski definition) is 0. The number of methoxy groups -OCH3 is 1. The average Bonchev–Trinajstić information content (AvgIpc) is 3.21. The molecule has 0 amide bonds. The second-order valence-electron chi connectivity index (χ2n) is 11.5. The number of carbonyl (C=O) groups excluding carboxylic acids is 4. The first-order valence-electron chi connectivity index (χ1n) is 17.1. The van der Waals surface area contributed by atoms with Crippen molar-refractivity contribution in [2.24, 2.45) is 10.2 Å². The van der Waals surface area contributed by atoms with Crippen LogP contribution in [0.3, 0.4) is 0 Å². The van der Waals surface area contributed by atoms with Crippen LogP contribution in [0.15, 0.2) is 127 Å². The lowest BCUT2D eigenvalue weighted by Crippen LogP contribution is -2.08. The number of rotatable bonds is 21. The van der Waals surface area contributed by atoms with Gasteiger partial charge in [0.05, 0.1) is 38.3 Å². The molecule has 0 N–H and O–H groups in total. The van der Waals surface area contributed by atoms with Gasteiger partial charge in [0.2, 0.25) is 0 Å². The summed E-state index contributed by atoms with van der Waals surface area (Å²) in [5, 5.41) is 8.12. The largest absolute Gasteiger partial charge is 0.494 e. The molecule has 0 spiro atoms. The molecule has 0 bridgehead atoms. The molecular formula is C42H40N2O11. The first kappa shape index (κ1) is 40.9. The Balaban J connectivity index is 1.20. The molecule has 13 heteroatoms. The molecule has 4 aromatic rings. The van der Waals surface area contributed by atoms with Gasteiger partial charge in [-0.3, -0.25) is 0 Å². The molecular weight excluding hydrogens is 708 g/mol. The van der Waals surface area contributed by atoms with Crippen LogP contribution in [0, 0.1) is 0 Å². The van der Waals surface area contributed by atoms with Crippen LogP contribution in [-0.4, -0.2) is 56.6 Å². The Morgan fingerprint density at radius 3 is 1.91 bits per heavy atom. The van der Waals surface area contributed by atoms with Crippen LogP contribution in [0.5, 0.6) is 23.0 Å². The topological polar surface area (TPSA) is 158 Å². The molecule has 13 nitrogen and oxygen atoms in total. The van der Waals surface area contributed by atoms with Crippen molar-refractivity contribution in [3.05, 3.63) is 144 Å². The Labute approximate surface area is 318 Å². The third-order valence-electron chi connectivity index (χ3n) is 7.47. The van der Waals surface area contributed by atoms with Crippen LogP contribution in [0.25, 0.3) is 0 Å². The average molecular weight is 749 g/mol. The molecule has 0 saturated carbocycles. The Morgan fingerprint density at radius 1 is 0.636 bits per heavy atom. The monoisotopic (exact) mass is 748 g/mol. The molecule has 0 fully saturated rings. The number of esters is 4. The first-order valence-corrected chi connectivity index (χ1v) is 17.1. The van der Waals surface area contributed by atoms with E-state index in [9.17, 15) is 19.2 Å². The van der Waals surface area contributed by atoms with Crippen molar-refractivity contribution in [3.63, 3.8) is 0 Å². The van der Waals surface area contributed by atoms with Crippen molar-refractivity contribution < 1.29 is 52.6 Å². The van der Waals surface area contributed by atoms with Gasteiger partial charge in [-0.15, -0.1) is 0 Å². The van der Waals surface area contributed by atoms with E-state index in [-0.39, 0.29) is 17.9 Å². The van der Waals surface area contributed by atoms with Gasteiger partial charge in [0.25, 0.3) is 0 Å². The van der Waals surface area contributed by atoms with Crippen LogP contribution < -0.4 is 19.1 Å². The smallest absolute Gasteiger partial charge is 0.343 e. The number of carbonyl (C=O) groups is 4.